The van der Waals surface area contributed by atoms with Crippen molar-refractivity contribution in [2.75, 3.05) is 6.61 Å². The summed E-state index contributed by atoms with van der Waals surface area (Å²) in [4.78, 5) is 8.87. The molecule has 3 nitrogen and oxygen atoms in total. The summed E-state index contributed by atoms with van der Waals surface area (Å²) in [5.74, 6) is 0.659. The van der Waals surface area contributed by atoms with Gasteiger partial charge in [-0.2, -0.15) is 0 Å². The van der Waals surface area contributed by atoms with Crippen molar-refractivity contribution in [3.8, 4) is 0 Å². The summed E-state index contributed by atoms with van der Waals surface area (Å²) in [7, 11) is 0. The second-order valence-electron chi connectivity index (χ2n) is 3.97. The predicted molar refractivity (Wildman–Crippen MR) is 73.4 cm³/mol. The van der Waals surface area contributed by atoms with Crippen molar-refractivity contribution in [3.63, 3.8) is 0 Å². The first kappa shape index (κ1) is 14.9. The molecule has 0 aromatic carbocycles. The number of rotatable bonds is 5. The van der Waals surface area contributed by atoms with Crippen LogP contribution in [0.4, 0.5) is 0 Å². The minimum Gasteiger partial charge on any atom is -0.368 e. The number of aryl methyl sites for hydroxylation is 1. The molecule has 0 saturated heterocycles. The molecule has 0 N–H and O–H groups in total. The number of hydrogen-bond donors (Lipinski definition) is 0. The standard InChI is InChI=1S/C12H18BrClN2O/c1-5-8-9(13)10(14)16-11(15-8)12(4,6-2)17-7-3/h5-7H2,1-4H3. The Morgan fingerprint density at radius 3 is 2.41 bits per heavy atom. The summed E-state index contributed by atoms with van der Waals surface area (Å²) in [6, 6.07) is 0. The van der Waals surface area contributed by atoms with Crippen molar-refractivity contribution in [2.24, 2.45) is 0 Å². The molecule has 0 fully saturated rings. The average molecular weight is 322 g/mol. The van der Waals surface area contributed by atoms with Crippen LogP contribution in [-0.2, 0) is 16.8 Å². The summed E-state index contributed by atoms with van der Waals surface area (Å²) >= 11 is 9.51. The molecule has 0 spiro atoms. The minimum absolute atomic E-state index is 0.450. The molecule has 1 rings (SSSR count). The largest absolute Gasteiger partial charge is 0.368 e. The third-order valence-corrected chi connectivity index (χ3v) is 4.16. The Balaban J connectivity index is 3.25. The highest BCUT2D eigenvalue weighted by Crippen LogP contribution is 2.31. The van der Waals surface area contributed by atoms with Crippen molar-refractivity contribution in [1.82, 2.24) is 9.97 Å². The zero-order chi connectivity index (χ0) is 13.1. The molecule has 0 aliphatic heterocycles. The van der Waals surface area contributed by atoms with Crippen LogP contribution in [0.25, 0.3) is 0 Å². The Morgan fingerprint density at radius 2 is 1.94 bits per heavy atom. The van der Waals surface area contributed by atoms with Crippen molar-refractivity contribution < 1.29 is 4.74 Å². The molecule has 1 atom stereocenters. The van der Waals surface area contributed by atoms with Crippen LogP contribution in [-0.4, -0.2) is 16.6 Å². The Bertz CT molecular complexity index is 400. The Hall–Kier alpha value is -0.190. The van der Waals surface area contributed by atoms with E-state index in [9.17, 15) is 0 Å². The Kier molecular flexibility index (Phi) is 5.35. The summed E-state index contributed by atoms with van der Waals surface area (Å²) in [6.45, 7) is 8.69. The van der Waals surface area contributed by atoms with Crippen LogP contribution in [0.5, 0.6) is 0 Å². The average Bonchev–Trinajstić information content (AvgIpc) is 2.32. The maximum Gasteiger partial charge on any atom is 0.161 e. The van der Waals surface area contributed by atoms with E-state index in [2.05, 4.69) is 32.8 Å². The van der Waals surface area contributed by atoms with Gasteiger partial charge in [0.2, 0.25) is 0 Å². The number of hydrogen-bond acceptors (Lipinski definition) is 3. The molecule has 1 unspecified atom stereocenters. The van der Waals surface area contributed by atoms with E-state index in [0.717, 1.165) is 23.0 Å². The molecular formula is C12H18BrClN2O. The highest BCUT2D eigenvalue weighted by atomic mass is 79.9. The van der Waals surface area contributed by atoms with Crippen molar-refractivity contribution in [2.45, 2.75) is 46.1 Å². The quantitative estimate of drug-likeness (QED) is 0.765. The second-order valence-corrected chi connectivity index (χ2v) is 5.12. The van der Waals surface area contributed by atoms with Crippen molar-refractivity contribution in [3.05, 3.63) is 21.1 Å². The van der Waals surface area contributed by atoms with Crippen LogP contribution >= 0.6 is 27.5 Å². The van der Waals surface area contributed by atoms with Crippen LogP contribution in [0, 0.1) is 0 Å². The summed E-state index contributed by atoms with van der Waals surface area (Å²) < 4.78 is 6.54. The lowest BCUT2D eigenvalue weighted by molar-refractivity contribution is -0.0392. The van der Waals surface area contributed by atoms with E-state index >= 15 is 0 Å². The third-order valence-electron chi connectivity index (χ3n) is 2.82. The van der Waals surface area contributed by atoms with E-state index in [1.165, 1.54) is 0 Å². The van der Waals surface area contributed by atoms with E-state index in [-0.39, 0.29) is 0 Å². The highest BCUT2D eigenvalue weighted by molar-refractivity contribution is 9.10. The van der Waals surface area contributed by atoms with Crippen LogP contribution in [0.3, 0.4) is 0 Å². The minimum atomic E-state index is -0.469. The van der Waals surface area contributed by atoms with Gasteiger partial charge in [0.05, 0.1) is 10.2 Å². The molecule has 0 aliphatic rings. The molecule has 1 aromatic heterocycles. The molecule has 0 aliphatic carbocycles. The predicted octanol–water partition coefficient (Wildman–Crippen LogP) is 4.12. The number of halogens is 2. The molecule has 96 valence electrons. The van der Waals surface area contributed by atoms with Crippen LogP contribution in [0.2, 0.25) is 5.15 Å². The third kappa shape index (κ3) is 3.18. The fourth-order valence-corrected chi connectivity index (χ4v) is 2.22. The molecule has 0 amide bonds. The lowest BCUT2D eigenvalue weighted by Gasteiger charge is -2.27. The fourth-order valence-electron chi connectivity index (χ4n) is 1.58. The van der Waals surface area contributed by atoms with Crippen LogP contribution in [0.1, 0.15) is 45.6 Å². The molecule has 0 saturated carbocycles. The van der Waals surface area contributed by atoms with Gasteiger partial charge in [0, 0.05) is 6.61 Å². The fraction of sp³-hybridized carbons (Fsp3) is 0.667. The molecule has 17 heavy (non-hydrogen) atoms. The second kappa shape index (κ2) is 6.12. The van der Waals surface area contributed by atoms with E-state index in [0.29, 0.717) is 17.6 Å². The molecule has 0 bridgehead atoms. The number of aromatic nitrogens is 2. The van der Waals surface area contributed by atoms with E-state index < -0.39 is 5.60 Å². The first-order chi connectivity index (χ1) is 7.98. The maximum absolute atomic E-state index is 6.11. The topological polar surface area (TPSA) is 35.0 Å². The number of nitrogens with zero attached hydrogens (tertiary/aromatic N) is 2. The van der Waals surface area contributed by atoms with Crippen LogP contribution in [0.15, 0.2) is 4.47 Å². The van der Waals surface area contributed by atoms with Gasteiger partial charge in [-0.05, 0) is 42.6 Å². The van der Waals surface area contributed by atoms with Gasteiger partial charge in [0.1, 0.15) is 10.8 Å². The monoisotopic (exact) mass is 320 g/mol. The van der Waals surface area contributed by atoms with Gasteiger partial charge >= 0.3 is 0 Å². The van der Waals surface area contributed by atoms with Gasteiger partial charge in [-0.1, -0.05) is 25.4 Å². The van der Waals surface area contributed by atoms with Gasteiger partial charge in [-0.3, -0.25) is 0 Å². The maximum atomic E-state index is 6.11. The van der Waals surface area contributed by atoms with Crippen molar-refractivity contribution >= 4 is 27.5 Å². The molecular weight excluding hydrogens is 304 g/mol. The highest BCUT2D eigenvalue weighted by Gasteiger charge is 2.29. The van der Waals surface area contributed by atoms with Crippen LogP contribution < -0.4 is 0 Å². The first-order valence-electron chi connectivity index (χ1n) is 5.84. The van der Waals surface area contributed by atoms with E-state index in [1.54, 1.807) is 0 Å². The summed E-state index contributed by atoms with van der Waals surface area (Å²) in [6.07, 6.45) is 1.61. The van der Waals surface area contributed by atoms with Gasteiger partial charge in [0.25, 0.3) is 0 Å². The zero-order valence-electron chi connectivity index (χ0n) is 10.7. The normalized spacial score (nSPS) is 14.7. The van der Waals surface area contributed by atoms with Gasteiger partial charge < -0.3 is 4.74 Å². The lowest BCUT2D eigenvalue weighted by atomic mass is 10.0. The molecule has 0 radical (unpaired) electrons. The summed E-state index contributed by atoms with van der Waals surface area (Å²) in [5.41, 5.74) is 0.447. The number of ether oxygens (including phenoxy) is 1. The van der Waals surface area contributed by atoms with Gasteiger partial charge in [-0.15, -0.1) is 0 Å². The molecule has 1 heterocycles. The SMILES string of the molecule is CCOC(C)(CC)c1nc(Cl)c(Br)c(CC)n1. The first-order valence-corrected chi connectivity index (χ1v) is 7.01. The van der Waals surface area contributed by atoms with E-state index in [4.69, 9.17) is 16.3 Å². The molecule has 1 aromatic rings. The lowest BCUT2D eigenvalue weighted by Crippen LogP contribution is -2.28. The molecule has 5 heteroatoms. The summed E-state index contributed by atoms with van der Waals surface area (Å²) in [5, 5.41) is 0.450. The smallest absolute Gasteiger partial charge is 0.161 e. The van der Waals surface area contributed by atoms with Gasteiger partial charge in [-0.25, -0.2) is 9.97 Å². The Labute approximate surface area is 116 Å². The van der Waals surface area contributed by atoms with Gasteiger partial charge in [0.15, 0.2) is 5.82 Å². The zero-order valence-corrected chi connectivity index (χ0v) is 13.0. The van der Waals surface area contributed by atoms with E-state index in [1.807, 2.05) is 20.8 Å². The Morgan fingerprint density at radius 1 is 1.29 bits per heavy atom. The van der Waals surface area contributed by atoms with Crippen molar-refractivity contribution in [1.29, 1.82) is 0 Å².